The molecule has 0 unspecified atom stereocenters. The standard InChI is InChI=1S/C19H18BrClN4O2S/c1-12-9-14(21)5-8-16(12)27-10-17-23-24-19(25(17)2)28-11-18(26)22-15-6-3-13(20)4-7-15/h3-9H,10-11H2,1-2H3,(H,22,26). The van der Waals surface area contributed by atoms with Crippen LogP contribution >= 0.6 is 39.3 Å². The molecule has 0 bridgehead atoms. The molecule has 9 heteroatoms. The number of thioether (sulfide) groups is 1. The van der Waals surface area contributed by atoms with Crippen molar-refractivity contribution < 1.29 is 9.53 Å². The number of rotatable bonds is 7. The van der Waals surface area contributed by atoms with E-state index in [2.05, 4.69) is 31.4 Å². The topological polar surface area (TPSA) is 69.0 Å². The van der Waals surface area contributed by atoms with Gasteiger partial charge < -0.3 is 14.6 Å². The van der Waals surface area contributed by atoms with E-state index in [0.717, 1.165) is 21.5 Å². The third kappa shape index (κ3) is 5.50. The van der Waals surface area contributed by atoms with Crippen molar-refractivity contribution in [2.24, 2.45) is 7.05 Å². The summed E-state index contributed by atoms with van der Waals surface area (Å²) < 4.78 is 8.59. The second kappa shape index (κ2) is 9.45. The van der Waals surface area contributed by atoms with Gasteiger partial charge in [0.25, 0.3) is 0 Å². The number of halogens is 2. The van der Waals surface area contributed by atoms with Gasteiger partial charge in [-0.15, -0.1) is 10.2 Å². The first-order chi connectivity index (χ1) is 13.4. The first-order valence-electron chi connectivity index (χ1n) is 8.38. The predicted octanol–water partition coefficient (Wildman–Crippen LogP) is 4.85. The van der Waals surface area contributed by atoms with Gasteiger partial charge in [0.15, 0.2) is 11.0 Å². The first-order valence-corrected chi connectivity index (χ1v) is 10.5. The average molecular weight is 482 g/mol. The van der Waals surface area contributed by atoms with Crippen molar-refractivity contribution in [2.45, 2.75) is 18.7 Å². The Bertz CT molecular complexity index is 979. The minimum Gasteiger partial charge on any atom is -0.485 e. The maximum Gasteiger partial charge on any atom is 0.234 e. The summed E-state index contributed by atoms with van der Waals surface area (Å²) in [6, 6.07) is 12.9. The minimum atomic E-state index is -0.107. The summed E-state index contributed by atoms with van der Waals surface area (Å²) in [5, 5.41) is 12.5. The van der Waals surface area contributed by atoms with E-state index in [1.807, 2.05) is 54.9 Å². The summed E-state index contributed by atoms with van der Waals surface area (Å²) in [5.74, 6) is 1.55. The van der Waals surface area contributed by atoms with Crippen molar-refractivity contribution >= 4 is 50.9 Å². The van der Waals surface area contributed by atoms with E-state index >= 15 is 0 Å². The maximum atomic E-state index is 12.1. The highest BCUT2D eigenvalue weighted by Gasteiger charge is 2.13. The summed E-state index contributed by atoms with van der Waals surface area (Å²) in [7, 11) is 1.85. The smallest absolute Gasteiger partial charge is 0.234 e. The van der Waals surface area contributed by atoms with Gasteiger partial charge in [-0.25, -0.2) is 0 Å². The number of carbonyl (C=O) groups excluding carboxylic acids is 1. The molecule has 0 saturated carbocycles. The molecule has 0 aliphatic carbocycles. The van der Waals surface area contributed by atoms with E-state index in [0.29, 0.717) is 16.0 Å². The van der Waals surface area contributed by atoms with Gasteiger partial charge in [0.1, 0.15) is 12.4 Å². The van der Waals surface area contributed by atoms with Gasteiger partial charge in [0, 0.05) is 22.2 Å². The molecule has 0 atom stereocenters. The third-order valence-corrected chi connectivity index (χ3v) is 5.66. The van der Waals surface area contributed by atoms with Crippen LogP contribution in [0.2, 0.25) is 5.02 Å². The molecule has 28 heavy (non-hydrogen) atoms. The molecule has 1 amide bonds. The van der Waals surface area contributed by atoms with E-state index in [-0.39, 0.29) is 18.3 Å². The second-order valence-electron chi connectivity index (χ2n) is 6.00. The number of hydrogen-bond acceptors (Lipinski definition) is 5. The van der Waals surface area contributed by atoms with Crippen molar-refractivity contribution in [2.75, 3.05) is 11.1 Å². The summed E-state index contributed by atoms with van der Waals surface area (Å²) in [6.45, 7) is 2.21. The van der Waals surface area contributed by atoms with Crippen molar-refractivity contribution in [3.05, 3.63) is 63.3 Å². The van der Waals surface area contributed by atoms with Crippen LogP contribution < -0.4 is 10.1 Å². The molecule has 0 aliphatic heterocycles. The molecule has 6 nitrogen and oxygen atoms in total. The van der Waals surface area contributed by atoms with Crippen LogP contribution in [0.3, 0.4) is 0 Å². The van der Waals surface area contributed by atoms with Gasteiger partial charge in [-0.3, -0.25) is 4.79 Å². The van der Waals surface area contributed by atoms with Gasteiger partial charge in [-0.05, 0) is 55.0 Å². The number of aromatic nitrogens is 3. The number of hydrogen-bond donors (Lipinski definition) is 1. The molecule has 0 saturated heterocycles. The Kier molecular flexibility index (Phi) is 6.98. The van der Waals surface area contributed by atoms with Gasteiger partial charge in [-0.2, -0.15) is 0 Å². The van der Waals surface area contributed by atoms with Crippen LogP contribution in [-0.4, -0.2) is 26.4 Å². The van der Waals surface area contributed by atoms with Gasteiger partial charge in [0.2, 0.25) is 5.91 Å². The Labute approximate surface area is 180 Å². The number of benzene rings is 2. The number of anilines is 1. The van der Waals surface area contributed by atoms with Crippen LogP contribution in [0.25, 0.3) is 0 Å². The van der Waals surface area contributed by atoms with E-state index < -0.39 is 0 Å². The molecule has 1 aromatic heterocycles. The fourth-order valence-corrected chi connectivity index (χ4v) is 3.59. The molecule has 0 aliphatic rings. The monoisotopic (exact) mass is 480 g/mol. The van der Waals surface area contributed by atoms with Crippen molar-refractivity contribution in [3.8, 4) is 5.75 Å². The normalized spacial score (nSPS) is 10.7. The van der Waals surface area contributed by atoms with Crippen LogP contribution in [0, 0.1) is 6.92 Å². The lowest BCUT2D eigenvalue weighted by molar-refractivity contribution is -0.113. The number of amides is 1. The molecular weight excluding hydrogens is 464 g/mol. The zero-order valence-electron chi connectivity index (χ0n) is 15.3. The van der Waals surface area contributed by atoms with Crippen LogP contribution in [-0.2, 0) is 18.4 Å². The van der Waals surface area contributed by atoms with Crippen molar-refractivity contribution in [1.82, 2.24) is 14.8 Å². The Morgan fingerprint density at radius 2 is 2.00 bits per heavy atom. The molecule has 0 spiro atoms. The molecule has 0 fully saturated rings. The Balaban J connectivity index is 1.54. The van der Waals surface area contributed by atoms with E-state index in [1.54, 1.807) is 6.07 Å². The van der Waals surface area contributed by atoms with Crippen LogP contribution in [0.15, 0.2) is 52.1 Å². The van der Waals surface area contributed by atoms with Crippen LogP contribution in [0.4, 0.5) is 5.69 Å². The maximum absolute atomic E-state index is 12.1. The third-order valence-electron chi connectivity index (χ3n) is 3.88. The summed E-state index contributed by atoms with van der Waals surface area (Å²) in [6.07, 6.45) is 0. The minimum absolute atomic E-state index is 0.107. The molecule has 1 heterocycles. The second-order valence-corrected chi connectivity index (χ2v) is 8.29. The summed E-state index contributed by atoms with van der Waals surface area (Å²) >= 11 is 10.6. The largest absolute Gasteiger partial charge is 0.485 e. The van der Waals surface area contributed by atoms with Gasteiger partial charge in [0.05, 0.1) is 5.75 Å². The van der Waals surface area contributed by atoms with E-state index in [9.17, 15) is 4.79 Å². The van der Waals surface area contributed by atoms with E-state index in [1.165, 1.54) is 11.8 Å². The van der Waals surface area contributed by atoms with Crippen molar-refractivity contribution in [3.63, 3.8) is 0 Å². The fourth-order valence-electron chi connectivity index (χ4n) is 2.37. The molecule has 0 radical (unpaired) electrons. The first kappa shape index (κ1) is 20.7. The van der Waals surface area contributed by atoms with Gasteiger partial charge in [-0.1, -0.05) is 39.3 Å². The Morgan fingerprint density at radius 1 is 1.25 bits per heavy atom. The van der Waals surface area contributed by atoms with Gasteiger partial charge >= 0.3 is 0 Å². The predicted molar refractivity (Wildman–Crippen MR) is 115 cm³/mol. The lowest BCUT2D eigenvalue weighted by atomic mass is 10.2. The highest BCUT2D eigenvalue weighted by Crippen LogP contribution is 2.23. The fraction of sp³-hybridized carbons (Fsp3) is 0.211. The Hall–Kier alpha value is -2.03. The zero-order valence-corrected chi connectivity index (χ0v) is 18.4. The molecule has 3 rings (SSSR count). The summed E-state index contributed by atoms with van der Waals surface area (Å²) in [4.78, 5) is 12.1. The number of aryl methyl sites for hydroxylation is 1. The Morgan fingerprint density at radius 3 is 2.71 bits per heavy atom. The van der Waals surface area contributed by atoms with Crippen LogP contribution in [0.1, 0.15) is 11.4 Å². The zero-order chi connectivity index (χ0) is 20.1. The average Bonchev–Trinajstić information content (AvgIpc) is 3.01. The lowest BCUT2D eigenvalue weighted by Crippen LogP contribution is -2.14. The number of carbonyl (C=O) groups is 1. The molecular formula is C19H18BrClN4O2S. The van der Waals surface area contributed by atoms with E-state index in [4.69, 9.17) is 16.3 Å². The molecule has 146 valence electrons. The number of nitrogens with zero attached hydrogens (tertiary/aromatic N) is 3. The number of nitrogens with one attached hydrogen (secondary N) is 1. The van der Waals surface area contributed by atoms with Crippen molar-refractivity contribution in [1.29, 1.82) is 0 Å². The lowest BCUT2D eigenvalue weighted by Gasteiger charge is -2.09. The highest BCUT2D eigenvalue weighted by atomic mass is 79.9. The number of ether oxygens (including phenoxy) is 1. The van der Waals surface area contributed by atoms with Crippen LogP contribution in [0.5, 0.6) is 5.75 Å². The SMILES string of the molecule is Cc1cc(Cl)ccc1OCc1nnc(SCC(=O)Nc2ccc(Br)cc2)n1C. The quantitative estimate of drug-likeness (QED) is 0.489. The molecule has 2 aromatic carbocycles. The summed E-state index contributed by atoms with van der Waals surface area (Å²) in [5.41, 5.74) is 1.70. The molecule has 3 aromatic rings. The molecule has 1 N–H and O–H groups in total. The highest BCUT2D eigenvalue weighted by molar-refractivity contribution is 9.10.